The molecule has 1 amide bonds. The van der Waals surface area contributed by atoms with Gasteiger partial charge in [0, 0.05) is 19.0 Å². The molecule has 18 heavy (non-hydrogen) atoms. The van der Waals surface area contributed by atoms with Crippen molar-refractivity contribution in [3.8, 4) is 0 Å². The summed E-state index contributed by atoms with van der Waals surface area (Å²) in [5.41, 5.74) is 8.17. The van der Waals surface area contributed by atoms with E-state index in [0.717, 1.165) is 12.8 Å². The first-order chi connectivity index (χ1) is 8.09. The molecule has 0 heterocycles. The van der Waals surface area contributed by atoms with Crippen molar-refractivity contribution in [1.82, 2.24) is 5.32 Å². The second-order valence-electron chi connectivity index (χ2n) is 4.54. The van der Waals surface area contributed by atoms with Crippen LogP contribution < -0.4 is 11.1 Å². The minimum atomic E-state index is 0. The van der Waals surface area contributed by atoms with Gasteiger partial charge in [0.15, 0.2) is 0 Å². The lowest BCUT2D eigenvalue weighted by Gasteiger charge is -2.08. The molecule has 0 aromatic heterocycles. The minimum Gasteiger partial charge on any atom is -0.356 e. The molecule has 0 aliphatic rings. The summed E-state index contributed by atoms with van der Waals surface area (Å²) in [4.78, 5) is 11.5. The highest BCUT2D eigenvalue weighted by atomic mass is 35.5. The lowest BCUT2D eigenvalue weighted by Crippen LogP contribution is -2.27. The smallest absolute Gasteiger partial charge is 0.220 e. The summed E-state index contributed by atoms with van der Waals surface area (Å²) in [5, 5.41) is 2.92. The van der Waals surface area contributed by atoms with E-state index in [-0.39, 0.29) is 24.4 Å². The molecule has 0 aliphatic carbocycles. The molecule has 0 saturated carbocycles. The summed E-state index contributed by atoms with van der Waals surface area (Å²) in [6.07, 6.45) is 2.15. The predicted molar refractivity (Wildman–Crippen MR) is 78.0 cm³/mol. The van der Waals surface area contributed by atoms with Crippen molar-refractivity contribution in [3.05, 3.63) is 35.4 Å². The minimum absolute atomic E-state index is 0. The Balaban J connectivity index is 0.00000289. The number of aryl methyl sites for hydroxylation is 1. The summed E-state index contributed by atoms with van der Waals surface area (Å²) in [6, 6.07) is 8.34. The fourth-order valence-electron chi connectivity index (χ4n) is 1.67. The molecule has 1 atom stereocenters. The van der Waals surface area contributed by atoms with Gasteiger partial charge in [0.05, 0.1) is 0 Å². The largest absolute Gasteiger partial charge is 0.356 e. The van der Waals surface area contributed by atoms with Gasteiger partial charge in [-0.2, -0.15) is 0 Å². The van der Waals surface area contributed by atoms with Crippen LogP contribution in [0.25, 0.3) is 0 Å². The molecule has 102 valence electrons. The Hall–Kier alpha value is -1.06. The van der Waals surface area contributed by atoms with Crippen LogP contribution in [0.2, 0.25) is 0 Å². The molecule has 0 saturated heterocycles. The van der Waals surface area contributed by atoms with E-state index in [1.807, 2.05) is 19.1 Å². The molecule has 3 nitrogen and oxygen atoms in total. The Kier molecular flexibility index (Phi) is 8.42. The van der Waals surface area contributed by atoms with Crippen LogP contribution in [0.5, 0.6) is 0 Å². The van der Waals surface area contributed by atoms with E-state index in [1.165, 1.54) is 11.1 Å². The zero-order chi connectivity index (χ0) is 12.7. The number of carbonyl (C=O) groups excluding carboxylic acids is 1. The first-order valence-electron chi connectivity index (χ1n) is 6.16. The van der Waals surface area contributed by atoms with Crippen molar-refractivity contribution < 1.29 is 4.79 Å². The van der Waals surface area contributed by atoms with E-state index >= 15 is 0 Å². The van der Waals surface area contributed by atoms with Crippen molar-refractivity contribution in [1.29, 1.82) is 0 Å². The van der Waals surface area contributed by atoms with Crippen molar-refractivity contribution >= 4 is 18.3 Å². The fraction of sp³-hybridized carbons (Fsp3) is 0.500. The number of carbonyl (C=O) groups is 1. The van der Waals surface area contributed by atoms with Crippen LogP contribution in [0.15, 0.2) is 24.3 Å². The Morgan fingerprint density at radius 1 is 1.39 bits per heavy atom. The lowest BCUT2D eigenvalue weighted by atomic mass is 10.1. The van der Waals surface area contributed by atoms with E-state index in [4.69, 9.17) is 5.73 Å². The van der Waals surface area contributed by atoms with Crippen LogP contribution in [-0.2, 0) is 11.2 Å². The van der Waals surface area contributed by atoms with Crippen LogP contribution >= 0.6 is 12.4 Å². The highest BCUT2D eigenvalue weighted by Crippen LogP contribution is 2.06. The van der Waals surface area contributed by atoms with Crippen LogP contribution in [0, 0.1) is 6.92 Å². The van der Waals surface area contributed by atoms with Crippen molar-refractivity contribution in [2.45, 2.75) is 39.2 Å². The van der Waals surface area contributed by atoms with Crippen LogP contribution in [0.1, 0.15) is 30.9 Å². The molecule has 1 aromatic carbocycles. The Morgan fingerprint density at radius 2 is 2.06 bits per heavy atom. The molecule has 0 fully saturated rings. The van der Waals surface area contributed by atoms with Gasteiger partial charge >= 0.3 is 0 Å². The van der Waals surface area contributed by atoms with Gasteiger partial charge in [-0.25, -0.2) is 0 Å². The van der Waals surface area contributed by atoms with E-state index < -0.39 is 0 Å². The third kappa shape index (κ3) is 6.62. The molecule has 0 aliphatic heterocycles. The predicted octanol–water partition coefficient (Wildman–Crippen LogP) is 2.20. The van der Waals surface area contributed by atoms with E-state index in [0.29, 0.717) is 13.0 Å². The molecule has 0 radical (unpaired) electrons. The van der Waals surface area contributed by atoms with Gasteiger partial charge in [-0.05, 0) is 37.8 Å². The standard InChI is InChI=1S/C14H22N2O.ClH/c1-11-5-3-4-6-13(11)9-10-16-14(17)8-7-12(2)15;/h3-6,12H,7-10,15H2,1-2H3,(H,16,17);1H. The average Bonchev–Trinajstić information content (AvgIpc) is 2.29. The van der Waals surface area contributed by atoms with Gasteiger partial charge in [-0.3, -0.25) is 4.79 Å². The highest BCUT2D eigenvalue weighted by molar-refractivity contribution is 5.85. The number of nitrogens with one attached hydrogen (secondary N) is 1. The maximum absolute atomic E-state index is 11.5. The second kappa shape index (κ2) is 8.95. The lowest BCUT2D eigenvalue weighted by molar-refractivity contribution is -0.121. The molecular weight excluding hydrogens is 248 g/mol. The Morgan fingerprint density at radius 3 is 2.67 bits per heavy atom. The van der Waals surface area contributed by atoms with Crippen LogP contribution in [0.4, 0.5) is 0 Å². The summed E-state index contributed by atoms with van der Waals surface area (Å²) in [6.45, 7) is 4.70. The molecule has 0 spiro atoms. The monoisotopic (exact) mass is 270 g/mol. The zero-order valence-electron chi connectivity index (χ0n) is 11.1. The maximum Gasteiger partial charge on any atom is 0.220 e. The SMILES string of the molecule is Cc1ccccc1CCNC(=O)CCC(C)N.Cl. The number of benzene rings is 1. The van der Waals surface area contributed by atoms with Crippen molar-refractivity contribution in [3.63, 3.8) is 0 Å². The van der Waals surface area contributed by atoms with E-state index in [1.54, 1.807) is 0 Å². The third-order valence-corrected chi connectivity index (χ3v) is 2.80. The van der Waals surface area contributed by atoms with E-state index in [9.17, 15) is 4.79 Å². The average molecular weight is 271 g/mol. The first-order valence-corrected chi connectivity index (χ1v) is 6.16. The summed E-state index contributed by atoms with van der Waals surface area (Å²) in [7, 11) is 0. The summed E-state index contributed by atoms with van der Waals surface area (Å²) in [5.74, 6) is 0.0934. The molecule has 1 rings (SSSR count). The quantitative estimate of drug-likeness (QED) is 0.833. The van der Waals surface area contributed by atoms with Crippen molar-refractivity contribution in [2.75, 3.05) is 6.54 Å². The molecule has 1 aromatic rings. The van der Waals surface area contributed by atoms with Crippen LogP contribution in [-0.4, -0.2) is 18.5 Å². The van der Waals surface area contributed by atoms with Crippen molar-refractivity contribution in [2.24, 2.45) is 5.73 Å². The number of amides is 1. The molecule has 3 N–H and O–H groups in total. The first kappa shape index (κ1) is 16.9. The normalized spacial score (nSPS) is 11.5. The van der Waals surface area contributed by atoms with E-state index in [2.05, 4.69) is 24.4 Å². The van der Waals surface area contributed by atoms with Gasteiger partial charge in [-0.1, -0.05) is 24.3 Å². The summed E-state index contributed by atoms with van der Waals surface area (Å²) < 4.78 is 0. The van der Waals surface area contributed by atoms with Crippen LogP contribution in [0.3, 0.4) is 0 Å². The number of hydrogen-bond donors (Lipinski definition) is 2. The molecule has 4 heteroatoms. The Labute approximate surface area is 116 Å². The number of rotatable bonds is 6. The third-order valence-electron chi connectivity index (χ3n) is 2.80. The maximum atomic E-state index is 11.5. The van der Waals surface area contributed by atoms with Gasteiger partial charge in [0.2, 0.25) is 5.91 Å². The van der Waals surface area contributed by atoms with Gasteiger partial charge in [0.1, 0.15) is 0 Å². The fourth-order valence-corrected chi connectivity index (χ4v) is 1.67. The topological polar surface area (TPSA) is 55.1 Å². The molecule has 1 unspecified atom stereocenters. The number of halogens is 1. The van der Waals surface area contributed by atoms with Gasteiger partial charge < -0.3 is 11.1 Å². The van der Waals surface area contributed by atoms with Gasteiger partial charge in [0.25, 0.3) is 0 Å². The zero-order valence-corrected chi connectivity index (χ0v) is 11.9. The van der Waals surface area contributed by atoms with Gasteiger partial charge in [-0.15, -0.1) is 12.4 Å². The summed E-state index contributed by atoms with van der Waals surface area (Å²) >= 11 is 0. The Bertz CT molecular complexity index is 367. The molecular formula is C14H23ClN2O. The molecule has 0 bridgehead atoms. The highest BCUT2D eigenvalue weighted by Gasteiger charge is 2.03. The number of hydrogen-bond acceptors (Lipinski definition) is 2. The second-order valence-corrected chi connectivity index (χ2v) is 4.54. The number of nitrogens with two attached hydrogens (primary N) is 1.